The minimum absolute atomic E-state index is 0.0985. The van der Waals surface area contributed by atoms with Gasteiger partial charge in [-0.1, -0.05) is 6.92 Å². The Morgan fingerprint density at radius 3 is 2.63 bits per heavy atom. The van der Waals surface area contributed by atoms with Gasteiger partial charge < -0.3 is 5.32 Å². The molecule has 0 saturated heterocycles. The highest BCUT2D eigenvalue weighted by molar-refractivity contribution is 6.18. The monoisotopic (exact) mass is 292 g/mol. The lowest BCUT2D eigenvalue weighted by atomic mass is 10.1. The molecule has 1 aromatic rings. The lowest BCUT2D eigenvalue weighted by Gasteiger charge is -2.14. The molecule has 1 aromatic carbocycles. The second kappa shape index (κ2) is 6.42. The Kier molecular flexibility index (Phi) is 5.17. The molecule has 0 bridgehead atoms. The molecular formula is C11H11ClF2N2O3. The zero-order chi connectivity index (χ0) is 14.6. The molecule has 0 aromatic heterocycles. The van der Waals surface area contributed by atoms with Crippen molar-refractivity contribution in [1.29, 1.82) is 0 Å². The maximum absolute atomic E-state index is 13.7. The Morgan fingerprint density at radius 1 is 1.53 bits per heavy atom. The van der Waals surface area contributed by atoms with Crippen LogP contribution in [-0.4, -0.2) is 22.8 Å². The van der Waals surface area contributed by atoms with Crippen molar-refractivity contribution < 1.29 is 18.5 Å². The van der Waals surface area contributed by atoms with E-state index in [-0.39, 0.29) is 5.88 Å². The van der Waals surface area contributed by atoms with E-state index in [9.17, 15) is 23.7 Å². The smallest absolute Gasteiger partial charge is 0.308 e. The van der Waals surface area contributed by atoms with E-state index in [1.54, 1.807) is 6.92 Å². The van der Waals surface area contributed by atoms with Crippen LogP contribution >= 0.6 is 11.6 Å². The molecule has 1 unspecified atom stereocenters. The molecule has 1 amide bonds. The number of hydrogen-bond donors (Lipinski definition) is 1. The number of halogens is 3. The molecular weight excluding hydrogens is 282 g/mol. The maximum Gasteiger partial charge on any atom is 0.308 e. The molecule has 0 aliphatic heterocycles. The van der Waals surface area contributed by atoms with Crippen molar-refractivity contribution >= 4 is 23.2 Å². The third kappa shape index (κ3) is 3.60. The van der Waals surface area contributed by atoms with Crippen LogP contribution in [-0.2, 0) is 0 Å². The molecule has 1 atom stereocenters. The molecule has 104 valence electrons. The number of hydrogen-bond acceptors (Lipinski definition) is 3. The summed E-state index contributed by atoms with van der Waals surface area (Å²) in [6, 6.07) is 0.611. The molecule has 0 radical (unpaired) electrons. The standard InChI is InChI=1S/C11H11ClF2N2O3/c1-2-7(5-12)15-11(17)8-3-6(13)4-9(10(8)14)16(18)19/h3-4,7H,2,5H2,1H3,(H,15,17). The highest BCUT2D eigenvalue weighted by atomic mass is 35.5. The third-order valence-corrected chi connectivity index (χ3v) is 2.85. The largest absolute Gasteiger partial charge is 0.348 e. The fraction of sp³-hybridized carbons (Fsp3) is 0.364. The summed E-state index contributed by atoms with van der Waals surface area (Å²) < 4.78 is 26.9. The second-order valence-electron chi connectivity index (χ2n) is 3.78. The maximum atomic E-state index is 13.7. The number of benzene rings is 1. The van der Waals surface area contributed by atoms with Crippen LogP contribution in [0.15, 0.2) is 12.1 Å². The van der Waals surface area contributed by atoms with E-state index >= 15 is 0 Å². The van der Waals surface area contributed by atoms with E-state index in [0.717, 1.165) is 0 Å². The lowest BCUT2D eigenvalue weighted by Crippen LogP contribution is -2.36. The van der Waals surface area contributed by atoms with E-state index in [4.69, 9.17) is 11.6 Å². The van der Waals surface area contributed by atoms with Gasteiger partial charge in [-0.3, -0.25) is 14.9 Å². The molecule has 19 heavy (non-hydrogen) atoms. The molecule has 1 rings (SSSR count). The van der Waals surface area contributed by atoms with Crippen LogP contribution in [0.1, 0.15) is 23.7 Å². The number of alkyl halides is 1. The predicted molar refractivity (Wildman–Crippen MR) is 65.3 cm³/mol. The van der Waals surface area contributed by atoms with Crippen molar-refractivity contribution in [2.75, 3.05) is 5.88 Å². The number of carbonyl (C=O) groups excluding carboxylic acids is 1. The van der Waals surface area contributed by atoms with Crippen LogP contribution in [0, 0.1) is 21.7 Å². The summed E-state index contributed by atoms with van der Waals surface area (Å²) in [6.45, 7) is 1.75. The third-order valence-electron chi connectivity index (χ3n) is 2.47. The number of nitrogens with one attached hydrogen (secondary N) is 1. The van der Waals surface area contributed by atoms with Crippen molar-refractivity contribution in [3.05, 3.63) is 39.4 Å². The minimum Gasteiger partial charge on any atom is -0.348 e. The van der Waals surface area contributed by atoms with Crippen molar-refractivity contribution in [3.8, 4) is 0 Å². The van der Waals surface area contributed by atoms with Crippen LogP contribution in [0.5, 0.6) is 0 Å². The first-order valence-corrected chi connectivity index (χ1v) is 5.94. The van der Waals surface area contributed by atoms with Gasteiger partial charge in [0.1, 0.15) is 5.82 Å². The Hall–Kier alpha value is -1.76. The summed E-state index contributed by atoms with van der Waals surface area (Å²) in [5.41, 5.74) is -1.79. The van der Waals surface area contributed by atoms with Crippen LogP contribution in [0.3, 0.4) is 0 Å². The summed E-state index contributed by atoms with van der Waals surface area (Å²) in [5, 5.41) is 12.9. The van der Waals surface area contributed by atoms with E-state index in [1.165, 1.54) is 0 Å². The Labute approximate surface area is 112 Å². The summed E-state index contributed by atoms with van der Waals surface area (Å²) in [4.78, 5) is 21.2. The van der Waals surface area contributed by atoms with Crippen molar-refractivity contribution in [2.24, 2.45) is 0 Å². The summed E-state index contributed by atoms with van der Waals surface area (Å²) in [5.74, 6) is -3.26. The number of carbonyl (C=O) groups is 1. The van der Waals surface area contributed by atoms with Crippen LogP contribution in [0.2, 0.25) is 0 Å². The van der Waals surface area contributed by atoms with Crippen molar-refractivity contribution in [2.45, 2.75) is 19.4 Å². The van der Waals surface area contributed by atoms with Gasteiger partial charge in [-0.2, -0.15) is 4.39 Å². The first-order valence-electron chi connectivity index (χ1n) is 5.41. The van der Waals surface area contributed by atoms with Crippen molar-refractivity contribution in [3.63, 3.8) is 0 Å². The summed E-state index contributed by atoms with van der Waals surface area (Å²) >= 11 is 5.56. The zero-order valence-electron chi connectivity index (χ0n) is 9.95. The van der Waals surface area contributed by atoms with Gasteiger partial charge in [0, 0.05) is 11.9 Å². The molecule has 0 spiro atoms. The van der Waals surface area contributed by atoms with Gasteiger partial charge in [0.05, 0.1) is 16.6 Å². The normalized spacial score (nSPS) is 12.0. The second-order valence-corrected chi connectivity index (χ2v) is 4.09. The van der Waals surface area contributed by atoms with Gasteiger partial charge >= 0.3 is 5.69 Å². The Bertz CT molecular complexity index is 507. The first-order chi connectivity index (χ1) is 8.90. The summed E-state index contributed by atoms with van der Waals surface area (Å²) in [6.07, 6.45) is 0.494. The van der Waals surface area contributed by atoms with Gasteiger partial charge in [-0.05, 0) is 12.5 Å². The van der Waals surface area contributed by atoms with Gasteiger partial charge in [-0.15, -0.1) is 11.6 Å². The van der Waals surface area contributed by atoms with Crippen LogP contribution in [0.25, 0.3) is 0 Å². The SMILES string of the molecule is CCC(CCl)NC(=O)c1cc(F)cc([N+](=O)[O-])c1F. The van der Waals surface area contributed by atoms with Crippen LogP contribution in [0.4, 0.5) is 14.5 Å². The number of nitro groups is 1. The summed E-state index contributed by atoms with van der Waals surface area (Å²) in [7, 11) is 0. The van der Waals surface area contributed by atoms with Crippen LogP contribution < -0.4 is 5.32 Å². The Balaban J connectivity index is 3.13. The topological polar surface area (TPSA) is 72.2 Å². The average molecular weight is 293 g/mol. The number of rotatable bonds is 5. The van der Waals surface area contributed by atoms with E-state index in [1.807, 2.05) is 0 Å². The fourth-order valence-corrected chi connectivity index (χ4v) is 1.68. The highest BCUT2D eigenvalue weighted by Crippen LogP contribution is 2.22. The van der Waals surface area contributed by atoms with Gasteiger partial charge in [0.25, 0.3) is 5.91 Å². The molecule has 1 N–H and O–H groups in total. The molecule has 0 heterocycles. The zero-order valence-corrected chi connectivity index (χ0v) is 10.7. The quantitative estimate of drug-likeness (QED) is 0.515. The minimum atomic E-state index is -1.37. The average Bonchev–Trinajstić information content (AvgIpc) is 2.37. The Morgan fingerprint density at radius 2 is 2.16 bits per heavy atom. The first kappa shape index (κ1) is 15.3. The number of nitro benzene ring substituents is 1. The molecule has 0 fully saturated rings. The molecule has 8 heteroatoms. The molecule has 0 aliphatic rings. The molecule has 5 nitrogen and oxygen atoms in total. The molecule has 0 saturated carbocycles. The van der Waals surface area contributed by atoms with E-state index < -0.39 is 39.8 Å². The lowest BCUT2D eigenvalue weighted by molar-refractivity contribution is -0.387. The highest BCUT2D eigenvalue weighted by Gasteiger charge is 2.25. The van der Waals surface area contributed by atoms with Crippen molar-refractivity contribution in [1.82, 2.24) is 5.32 Å². The van der Waals surface area contributed by atoms with Gasteiger partial charge in [0.15, 0.2) is 0 Å². The predicted octanol–water partition coefficient (Wildman–Crippen LogP) is 2.62. The molecule has 0 aliphatic carbocycles. The van der Waals surface area contributed by atoms with Gasteiger partial charge in [0.2, 0.25) is 5.82 Å². The fourth-order valence-electron chi connectivity index (χ4n) is 1.39. The van der Waals surface area contributed by atoms with Gasteiger partial charge in [-0.25, -0.2) is 4.39 Å². The number of amides is 1. The van der Waals surface area contributed by atoms with E-state index in [2.05, 4.69) is 5.32 Å². The number of nitrogens with zero attached hydrogens (tertiary/aromatic N) is 1. The van der Waals surface area contributed by atoms with E-state index in [0.29, 0.717) is 18.6 Å².